The Balaban J connectivity index is 1.21. The maximum Gasteiger partial charge on any atom is 0.274 e. The molecule has 186 valence electrons. The molecule has 1 amide bonds. The molecule has 5 aromatic rings. The molecule has 6 rings (SSSR count). The van der Waals surface area contributed by atoms with Gasteiger partial charge in [0.2, 0.25) is 0 Å². The molecule has 1 aliphatic carbocycles. The molecule has 3 heterocycles. The third kappa shape index (κ3) is 5.22. The molecule has 0 atom stereocenters. The van der Waals surface area contributed by atoms with E-state index in [-0.39, 0.29) is 12.0 Å². The summed E-state index contributed by atoms with van der Waals surface area (Å²) in [6, 6.07) is 21.6. The number of pyridine rings is 2. The van der Waals surface area contributed by atoms with Crippen molar-refractivity contribution >= 4 is 44.2 Å². The van der Waals surface area contributed by atoms with Crippen LogP contribution >= 0.6 is 11.3 Å². The molecule has 0 bridgehead atoms. The summed E-state index contributed by atoms with van der Waals surface area (Å²) in [6.07, 6.45) is 5.45. The van der Waals surface area contributed by atoms with E-state index in [0.29, 0.717) is 17.4 Å². The maximum atomic E-state index is 13.1. The van der Waals surface area contributed by atoms with Crippen molar-refractivity contribution < 1.29 is 9.90 Å². The van der Waals surface area contributed by atoms with Crippen LogP contribution in [-0.4, -0.2) is 38.1 Å². The summed E-state index contributed by atoms with van der Waals surface area (Å²) in [4.78, 5) is 27.9. The smallest absolute Gasteiger partial charge is 0.274 e. The Bertz CT molecular complexity index is 1580. The Hall–Kier alpha value is -3.72. The summed E-state index contributed by atoms with van der Waals surface area (Å²) in [5.74, 6) is -0.263. The molecule has 1 fully saturated rings. The summed E-state index contributed by atoms with van der Waals surface area (Å²) in [6.45, 7) is 0.724. The van der Waals surface area contributed by atoms with E-state index >= 15 is 0 Å². The molecule has 7 nitrogen and oxygen atoms in total. The number of para-hydroxylation sites is 2. The number of nitrogens with one attached hydrogen (secondary N) is 2. The van der Waals surface area contributed by atoms with Crippen LogP contribution < -0.4 is 10.6 Å². The van der Waals surface area contributed by atoms with Gasteiger partial charge in [-0.15, -0.1) is 0 Å². The molecule has 8 heteroatoms. The standard InChI is InChI=1S/C29H27N5O2S/c35-21-12-10-20(11-13-21)30-16-18-15-26-29(31-17-18)37-28(34-26)22-6-2-4-8-24(22)33-27(36)25-14-9-19-5-1-3-7-23(19)32-25/h1-9,14-15,17,20-21,30,35H,10-13,16H2,(H,33,36)/t20-,21-. The predicted octanol–water partition coefficient (Wildman–Crippen LogP) is 5.55. The fraction of sp³-hybridized carbons (Fsp3) is 0.241. The van der Waals surface area contributed by atoms with Gasteiger partial charge in [-0.2, -0.15) is 0 Å². The van der Waals surface area contributed by atoms with E-state index in [0.717, 1.165) is 69.6 Å². The first kappa shape index (κ1) is 23.7. The highest BCUT2D eigenvalue weighted by atomic mass is 32.1. The van der Waals surface area contributed by atoms with E-state index in [1.54, 1.807) is 6.07 Å². The summed E-state index contributed by atoms with van der Waals surface area (Å²) in [5, 5.41) is 18.1. The van der Waals surface area contributed by atoms with Crippen molar-refractivity contribution in [2.45, 2.75) is 44.4 Å². The number of hydrogen-bond acceptors (Lipinski definition) is 7. The van der Waals surface area contributed by atoms with Gasteiger partial charge in [0.15, 0.2) is 0 Å². The molecule has 0 spiro atoms. The average molecular weight is 510 g/mol. The number of rotatable bonds is 6. The number of fused-ring (bicyclic) bond motifs is 2. The van der Waals surface area contributed by atoms with Crippen LogP contribution in [0.4, 0.5) is 5.69 Å². The van der Waals surface area contributed by atoms with Crippen molar-refractivity contribution in [3.8, 4) is 10.6 Å². The minimum atomic E-state index is -0.263. The number of aliphatic hydroxyl groups is 1. The number of benzene rings is 2. The molecule has 2 aromatic carbocycles. The molecule has 0 unspecified atom stereocenters. The first-order chi connectivity index (χ1) is 18.1. The second kappa shape index (κ2) is 10.3. The first-order valence-corrected chi connectivity index (χ1v) is 13.4. The highest BCUT2D eigenvalue weighted by Gasteiger charge is 2.19. The van der Waals surface area contributed by atoms with Crippen molar-refractivity contribution in [1.82, 2.24) is 20.3 Å². The van der Waals surface area contributed by atoms with E-state index in [9.17, 15) is 9.90 Å². The fourth-order valence-corrected chi connectivity index (χ4v) is 5.71. The van der Waals surface area contributed by atoms with Gasteiger partial charge >= 0.3 is 0 Å². The van der Waals surface area contributed by atoms with Crippen LogP contribution in [0, 0.1) is 0 Å². The van der Waals surface area contributed by atoms with Crippen LogP contribution in [0.5, 0.6) is 0 Å². The molecule has 1 saturated carbocycles. The summed E-state index contributed by atoms with van der Waals surface area (Å²) < 4.78 is 0. The molecule has 37 heavy (non-hydrogen) atoms. The Kier molecular flexibility index (Phi) is 6.61. The lowest BCUT2D eigenvalue weighted by Crippen LogP contribution is -2.34. The van der Waals surface area contributed by atoms with Crippen LogP contribution in [0.2, 0.25) is 0 Å². The van der Waals surface area contributed by atoms with Gasteiger partial charge in [0.1, 0.15) is 21.0 Å². The van der Waals surface area contributed by atoms with Crippen LogP contribution in [0.1, 0.15) is 41.7 Å². The lowest BCUT2D eigenvalue weighted by Gasteiger charge is -2.26. The molecule has 0 aliphatic heterocycles. The quantitative estimate of drug-likeness (QED) is 0.277. The second-order valence-electron chi connectivity index (χ2n) is 9.46. The van der Waals surface area contributed by atoms with Gasteiger partial charge in [0.05, 0.1) is 17.3 Å². The van der Waals surface area contributed by atoms with Crippen molar-refractivity contribution in [1.29, 1.82) is 0 Å². The third-order valence-corrected chi connectivity index (χ3v) is 7.84. The SMILES string of the molecule is O=C(Nc1ccccc1-c1nc2cc(CN[C@H]3CC[C@H](O)CC3)cnc2s1)c1ccc2ccccc2n1. The fourth-order valence-electron chi connectivity index (χ4n) is 4.78. The highest BCUT2D eigenvalue weighted by molar-refractivity contribution is 7.21. The van der Waals surface area contributed by atoms with E-state index in [1.165, 1.54) is 11.3 Å². The van der Waals surface area contributed by atoms with Crippen LogP contribution in [0.3, 0.4) is 0 Å². The van der Waals surface area contributed by atoms with Gasteiger partial charge in [-0.3, -0.25) is 4.79 Å². The van der Waals surface area contributed by atoms with Gasteiger partial charge in [0, 0.05) is 29.7 Å². The number of anilines is 1. The monoisotopic (exact) mass is 509 g/mol. The minimum absolute atomic E-state index is 0.152. The van der Waals surface area contributed by atoms with Crippen LogP contribution in [0.15, 0.2) is 72.9 Å². The van der Waals surface area contributed by atoms with Crippen LogP contribution in [0.25, 0.3) is 31.8 Å². The Morgan fingerprint density at radius 3 is 2.65 bits per heavy atom. The van der Waals surface area contributed by atoms with Gasteiger partial charge in [-0.05, 0) is 61.6 Å². The summed E-state index contributed by atoms with van der Waals surface area (Å²) >= 11 is 1.51. The number of carbonyl (C=O) groups excluding carboxylic acids is 1. The molecule has 0 saturated heterocycles. The molecule has 0 radical (unpaired) electrons. The molecular formula is C29H27N5O2S. The molecule has 3 N–H and O–H groups in total. The topological polar surface area (TPSA) is 100 Å². The lowest BCUT2D eigenvalue weighted by atomic mass is 9.93. The van der Waals surface area contributed by atoms with Crippen molar-refractivity contribution in [3.63, 3.8) is 0 Å². The zero-order chi connectivity index (χ0) is 25.2. The maximum absolute atomic E-state index is 13.1. The normalized spacial score (nSPS) is 17.8. The summed E-state index contributed by atoms with van der Waals surface area (Å²) in [5.41, 5.74) is 4.61. The van der Waals surface area contributed by atoms with E-state index in [4.69, 9.17) is 4.98 Å². The lowest BCUT2D eigenvalue weighted by molar-refractivity contribution is 0.102. The predicted molar refractivity (Wildman–Crippen MR) is 148 cm³/mol. The third-order valence-electron chi connectivity index (χ3n) is 6.83. The van der Waals surface area contributed by atoms with Gasteiger partial charge in [0.25, 0.3) is 5.91 Å². The van der Waals surface area contributed by atoms with E-state index in [1.807, 2.05) is 60.8 Å². The van der Waals surface area contributed by atoms with E-state index < -0.39 is 0 Å². The molecule has 1 aliphatic rings. The first-order valence-electron chi connectivity index (χ1n) is 12.6. The van der Waals surface area contributed by atoms with Gasteiger partial charge in [-0.25, -0.2) is 15.0 Å². The number of aliphatic hydroxyl groups excluding tert-OH is 1. The number of thiazole rings is 1. The zero-order valence-electron chi connectivity index (χ0n) is 20.2. The Labute approximate surface area is 218 Å². The van der Waals surface area contributed by atoms with Crippen molar-refractivity contribution in [2.75, 3.05) is 5.32 Å². The highest BCUT2D eigenvalue weighted by Crippen LogP contribution is 2.34. The number of amides is 1. The Morgan fingerprint density at radius 2 is 1.76 bits per heavy atom. The number of nitrogens with zero attached hydrogens (tertiary/aromatic N) is 3. The molecular weight excluding hydrogens is 482 g/mol. The van der Waals surface area contributed by atoms with Gasteiger partial charge in [-0.1, -0.05) is 47.7 Å². The number of carbonyl (C=O) groups is 1. The zero-order valence-corrected chi connectivity index (χ0v) is 21.0. The molecule has 3 aromatic heterocycles. The minimum Gasteiger partial charge on any atom is -0.393 e. The average Bonchev–Trinajstić information content (AvgIpc) is 3.36. The van der Waals surface area contributed by atoms with Crippen molar-refractivity contribution in [3.05, 3.63) is 84.2 Å². The number of aromatic nitrogens is 3. The van der Waals surface area contributed by atoms with Gasteiger partial charge < -0.3 is 15.7 Å². The van der Waals surface area contributed by atoms with Crippen LogP contribution in [-0.2, 0) is 6.54 Å². The van der Waals surface area contributed by atoms with E-state index in [2.05, 4.69) is 26.7 Å². The van der Waals surface area contributed by atoms with Crippen molar-refractivity contribution in [2.24, 2.45) is 0 Å². The summed E-state index contributed by atoms with van der Waals surface area (Å²) in [7, 11) is 0. The largest absolute Gasteiger partial charge is 0.393 e. The second-order valence-corrected chi connectivity index (χ2v) is 10.4. The Morgan fingerprint density at radius 1 is 0.946 bits per heavy atom. The number of hydrogen-bond donors (Lipinski definition) is 3.